The number of para-hydroxylation sites is 1. The molecule has 0 saturated carbocycles. The van der Waals surface area contributed by atoms with Gasteiger partial charge in [-0.25, -0.2) is 8.42 Å². The molecule has 0 aliphatic heterocycles. The first-order valence-corrected chi connectivity index (χ1v) is 7.59. The highest BCUT2D eigenvalue weighted by molar-refractivity contribution is 7.90. The Kier molecular flexibility index (Phi) is 4.98. The minimum Gasteiger partial charge on any atom is -0.493 e. The van der Waals surface area contributed by atoms with Crippen molar-refractivity contribution in [2.24, 2.45) is 5.73 Å². The van der Waals surface area contributed by atoms with Crippen molar-refractivity contribution in [3.05, 3.63) is 23.8 Å². The summed E-state index contributed by atoms with van der Waals surface area (Å²) in [6, 6.07) is 4.99. The smallest absolute Gasteiger partial charge is 0.165 e. The molecule has 0 spiro atoms. The van der Waals surface area contributed by atoms with Gasteiger partial charge in [0.05, 0.1) is 20.0 Å². The number of rotatable bonds is 6. The molecule has 0 aliphatic rings. The van der Waals surface area contributed by atoms with E-state index in [2.05, 4.69) is 0 Å². The number of hydrogen-bond donors (Lipinski definition) is 1. The van der Waals surface area contributed by atoms with Crippen LogP contribution in [0.3, 0.4) is 0 Å². The second-order valence-corrected chi connectivity index (χ2v) is 6.37. The van der Waals surface area contributed by atoms with Gasteiger partial charge < -0.3 is 15.2 Å². The first-order chi connectivity index (χ1) is 8.39. The van der Waals surface area contributed by atoms with Gasteiger partial charge in [-0.15, -0.1) is 0 Å². The van der Waals surface area contributed by atoms with E-state index in [1.165, 1.54) is 13.4 Å². The third kappa shape index (κ3) is 3.89. The molecule has 0 aromatic heterocycles. The summed E-state index contributed by atoms with van der Waals surface area (Å²) in [4.78, 5) is 0. The monoisotopic (exact) mass is 273 g/mol. The van der Waals surface area contributed by atoms with E-state index in [9.17, 15) is 8.42 Å². The molecule has 1 unspecified atom stereocenters. The number of nitrogens with two attached hydrogens (primary N) is 1. The van der Waals surface area contributed by atoms with Gasteiger partial charge in [0.2, 0.25) is 0 Å². The molecule has 1 aromatic carbocycles. The summed E-state index contributed by atoms with van der Waals surface area (Å²) >= 11 is 0. The topological polar surface area (TPSA) is 78.6 Å². The molecule has 102 valence electrons. The zero-order valence-corrected chi connectivity index (χ0v) is 11.7. The van der Waals surface area contributed by atoms with Gasteiger partial charge in [-0.2, -0.15) is 0 Å². The molecule has 1 atom stereocenters. The quantitative estimate of drug-likeness (QED) is 0.840. The van der Waals surface area contributed by atoms with Crippen LogP contribution in [0.25, 0.3) is 0 Å². The van der Waals surface area contributed by atoms with Crippen LogP contribution in [0.4, 0.5) is 0 Å². The predicted molar refractivity (Wildman–Crippen MR) is 70.8 cm³/mol. The maximum absolute atomic E-state index is 11.1. The van der Waals surface area contributed by atoms with Crippen molar-refractivity contribution in [3.8, 4) is 11.5 Å². The fourth-order valence-electron chi connectivity index (χ4n) is 1.70. The Bertz CT molecular complexity index is 499. The van der Waals surface area contributed by atoms with E-state index in [0.717, 1.165) is 5.56 Å². The number of benzene rings is 1. The maximum atomic E-state index is 11.1. The summed E-state index contributed by atoms with van der Waals surface area (Å²) in [7, 11) is 0.0632. The Morgan fingerprint density at radius 2 is 1.94 bits per heavy atom. The summed E-state index contributed by atoms with van der Waals surface area (Å²) < 4.78 is 32.7. The lowest BCUT2D eigenvalue weighted by Crippen LogP contribution is -2.16. The number of hydrogen-bond acceptors (Lipinski definition) is 5. The van der Waals surface area contributed by atoms with E-state index in [0.29, 0.717) is 17.9 Å². The largest absolute Gasteiger partial charge is 0.493 e. The predicted octanol–water partition coefficient (Wildman–Crippen LogP) is 1.14. The van der Waals surface area contributed by atoms with Gasteiger partial charge in [-0.1, -0.05) is 12.1 Å². The Labute approximate surface area is 108 Å². The third-order valence-electron chi connectivity index (χ3n) is 2.63. The van der Waals surface area contributed by atoms with Gasteiger partial charge in [-0.3, -0.25) is 0 Å². The normalized spacial score (nSPS) is 13.1. The Hall–Kier alpha value is -1.27. The third-order valence-corrected chi connectivity index (χ3v) is 3.61. The van der Waals surface area contributed by atoms with Crippen LogP contribution in [0.1, 0.15) is 18.0 Å². The Morgan fingerprint density at radius 1 is 1.28 bits per heavy atom. The van der Waals surface area contributed by atoms with Crippen molar-refractivity contribution < 1.29 is 17.9 Å². The van der Waals surface area contributed by atoms with Crippen molar-refractivity contribution in [1.82, 2.24) is 0 Å². The molecular formula is C12H19NO4S. The van der Waals surface area contributed by atoms with Crippen molar-refractivity contribution in [2.45, 2.75) is 12.5 Å². The molecule has 0 heterocycles. The second kappa shape index (κ2) is 6.06. The fourth-order valence-corrected chi connectivity index (χ4v) is 2.38. The van der Waals surface area contributed by atoms with Gasteiger partial charge >= 0.3 is 0 Å². The van der Waals surface area contributed by atoms with Crippen LogP contribution in [0, 0.1) is 0 Å². The lowest BCUT2D eigenvalue weighted by molar-refractivity contribution is 0.349. The number of methoxy groups -OCH3 is 2. The first-order valence-electron chi connectivity index (χ1n) is 5.53. The number of sulfone groups is 1. The Balaban J connectivity index is 2.94. The maximum Gasteiger partial charge on any atom is 0.165 e. The summed E-state index contributed by atoms with van der Waals surface area (Å²) in [5.41, 5.74) is 6.75. The van der Waals surface area contributed by atoms with Crippen LogP contribution in [0.2, 0.25) is 0 Å². The van der Waals surface area contributed by atoms with Crippen LogP contribution in [0.5, 0.6) is 11.5 Å². The molecule has 0 radical (unpaired) electrons. The van der Waals surface area contributed by atoms with E-state index in [1.54, 1.807) is 19.2 Å². The molecule has 5 nitrogen and oxygen atoms in total. The van der Waals surface area contributed by atoms with Crippen molar-refractivity contribution in [3.63, 3.8) is 0 Å². The highest BCUT2D eigenvalue weighted by atomic mass is 32.2. The molecule has 18 heavy (non-hydrogen) atoms. The van der Waals surface area contributed by atoms with Crippen LogP contribution < -0.4 is 15.2 Å². The average molecular weight is 273 g/mol. The van der Waals surface area contributed by atoms with E-state index in [1.807, 2.05) is 6.07 Å². The molecule has 0 bridgehead atoms. The molecule has 1 aromatic rings. The summed E-state index contributed by atoms with van der Waals surface area (Å²) in [6.45, 7) is 0. The second-order valence-electron chi connectivity index (χ2n) is 4.11. The summed E-state index contributed by atoms with van der Waals surface area (Å²) in [5.74, 6) is 1.19. The van der Waals surface area contributed by atoms with E-state index >= 15 is 0 Å². The minimum atomic E-state index is -3.01. The number of ether oxygens (including phenoxy) is 2. The fraction of sp³-hybridized carbons (Fsp3) is 0.500. The van der Waals surface area contributed by atoms with E-state index in [4.69, 9.17) is 15.2 Å². The highest BCUT2D eigenvalue weighted by Gasteiger charge is 2.17. The van der Waals surface area contributed by atoms with E-state index < -0.39 is 15.9 Å². The molecule has 2 N–H and O–H groups in total. The molecule has 0 aliphatic carbocycles. The molecule has 0 saturated heterocycles. The van der Waals surface area contributed by atoms with Gasteiger partial charge in [0, 0.05) is 17.9 Å². The van der Waals surface area contributed by atoms with Crippen molar-refractivity contribution in [2.75, 3.05) is 26.2 Å². The van der Waals surface area contributed by atoms with Gasteiger partial charge in [0.25, 0.3) is 0 Å². The van der Waals surface area contributed by atoms with Crippen LogP contribution in [-0.4, -0.2) is 34.6 Å². The first kappa shape index (κ1) is 14.8. The van der Waals surface area contributed by atoms with E-state index in [-0.39, 0.29) is 5.75 Å². The zero-order chi connectivity index (χ0) is 13.8. The highest BCUT2D eigenvalue weighted by Crippen LogP contribution is 2.34. The SMILES string of the molecule is COc1cccc(C(N)CCS(C)(=O)=O)c1OC. The van der Waals surface area contributed by atoms with Gasteiger partial charge in [-0.05, 0) is 12.5 Å². The molecular weight excluding hydrogens is 254 g/mol. The zero-order valence-electron chi connectivity index (χ0n) is 10.8. The molecule has 1 rings (SSSR count). The molecule has 0 fully saturated rings. The van der Waals surface area contributed by atoms with Gasteiger partial charge in [0.1, 0.15) is 9.84 Å². The summed E-state index contributed by atoms with van der Waals surface area (Å²) in [5, 5.41) is 0. The van der Waals surface area contributed by atoms with Crippen molar-refractivity contribution in [1.29, 1.82) is 0 Å². The van der Waals surface area contributed by atoms with Gasteiger partial charge in [0.15, 0.2) is 11.5 Å². The van der Waals surface area contributed by atoms with Crippen LogP contribution in [0.15, 0.2) is 18.2 Å². The van der Waals surface area contributed by atoms with Crippen LogP contribution in [-0.2, 0) is 9.84 Å². The standard InChI is InChI=1S/C12H19NO4S/c1-16-11-6-4-5-9(12(11)17-2)10(13)7-8-18(3,14)15/h4-6,10H,7-8,13H2,1-3H3. The Morgan fingerprint density at radius 3 is 2.44 bits per heavy atom. The average Bonchev–Trinajstić information content (AvgIpc) is 2.33. The lowest BCUT2D eigenvalue weighted by Gasteiger charge is -2.17. The van der Waals surface area contributed by atoms with Crippen molar-refractivity contribution >= 4 is 9.84 Å². The van der Waals surface area contributed by atoms with Crippen LogP contribution >= 0.6 is 0 Å². The molecule has 6 heteroatoms. The minimum absolute atomic E-state index is 0.0501. The molecule has 0 amide bonds. The lowest BCUT2D eigenvalue weighted by atomic mass is 10.0. The summed E-state index contributed by atoms with van der Waals surface area (Å²) in [6.07, 6.45) is 1.55.